The van der Waals surface area contributed by atoms with Crippen LogP contribution in [0.3, 0.4) is 0 Å². The van der Waals surface area contributed by atoms with Crippen LogP contribution in [0.15, 0.2) is 42.5 Å². The predicted octanol–water partition coefficient (Wildman–Crippen LogP) is 3.04. The Balaban J connectivity index is 1.74. The Morgan fingerprint density at radius 1 is 1.14 bits per heavy atom. The molecular weight excluding hydrogens is 397 g/mol. The number of hydrogen-bond acceptors (Lipinski definition) is 5. The number of anilines is 1. The lowest BCUT2D eigenvalue weighted by Crippen LogP contribution is -2.17. The van der Waals surface area contributed by atoms with E-state index >= 15 is 0 Å². The number of hydrogen-bond donors (Lipinski definition) is 1. The standard InChI is InChI=1S/C20H18FN3O4S/c1-27-14-7-8-15(18(9-14)28-2)20(25)22-19-16-10-29(26)11-17(16)23-24(19)13-5-3-12(21)4-6-13/h3-9H,10-11H2,1-2H3,(H,22,25)/t29-/m0/s1. The zero-order valence-electron chi connectivity index (χ0n) is 15.8. The summed E-state index contributed by atoms with van der Waals surface area (Å²) < 4.78 is 37.3. The number of rotatable bonds is 5. The number of carbonyl (C=O) groups excluding carboxylic acids is 1. The summed E-state index contributed by atoms with van der Waals surface area (Å²) in [6.07, 6.45) is 0. The number of ether oxygens (including phenoxy) is 2. The molecule has 29 heavy (non-hydrogen) atoms. The third-order valence-electron chi connectivity index (χ3n) is 4.63. The van der Waals surface area contributed by atoms with Gasteiger partial charge in [-0.15, -0.1) is 0 Å². The van der Waals surface area contributed by atoms with Gasteiger partial charge in [-0.2, -0.15) is 5.10 Å². The van der Waals surface area contributed by atoms with Crippen LogP contribution in [0.4, 0.5) is 10.2 Å². The maximum Gasteiger partial charge on any atom is 0.260 e. The van der Waals surface area contributed by atoms with Crippen LogP contribution in [0, 0.1) is 5.82 Å². The molecule has 1 N–H and O–H groups in total. The van der Waals surface area contributed by atoms with E-state index in [-0.39, 0.29) is 5.82 Å². The molecule has 7 nitrogen and oxygen atoms in total. The van der Waals surface area contributed by atoms with E-state index in [4.69, 9.17) is 9.47 Å². The maximum absolute atomic E-state index is 13.3. The summed E-state index contributed by atoms with van der Waals surface area (Å²) in [7, 11) is 1.93. The Hall–Kier alpha value is -3.20. The molecule has 0 fully saturated rings. The van der Waals surface area contributed by atoms with Crippen LogP contribution in [-0.2, 0) is 22.3 Å². The molecule has 0 spiro atoms. The zero-order chi connectivity index (χ0) is 20.5. The van der Waals surface area contributed by atoms with Gasteiger partial charge in [-0.25, -0.2) is 9.07 Å². The molecule has 0 aliphatic carbocycles. The van der Waals surface area contributed by atoms with Crippen molar-refractivity contribution in [3.05, 3.63) is 65.1 Å². The van der Waals surface area contributed by atoms with Crippen molar-refractivity contribution in [1.29, 1.82) is 0 Å². The highest BCUT2D eigenvalue weighted by Gasteiger charge is 2.29. The number of aromatic nitrogens is 2. The molecule has 1 atom stereocenters. The number of nitrogens with zero attached hydrogens (tertiary/aromatic N) is 2. The van der Waals surface area contributed by atoms with E-state index in [1.54, 1.807) is 30.3 Å². The topological polar surface area (TPSA) is 82.5 Å². The van der Waals surface area contributed by atoms with Gasteiger partial charge in [0.1, 0.15) is 23.1 Å². The van der Waals surface area contributed by atoms with Gasteiger partial charge in [0.25, 0.3) is 5.91 Å². The second-order valence-electron chi connectivity index (χ2n) is 6.41. The fourth-order valence-electron chi connectivity index (χ4n) is 3.19. The van der Waals surface area contributed by atoms with E-state index < -0.39 is 16.7 Å². The summed E-state index contributed by atoms with van der Waals surface area (Å²) in [6, 6.07) is 10.6. The monoisotopic (exact) mass is 415 g/mol. The predicted molar refractivity (Wildman–Crippen MR) is 107 cm³/mol. The van der Waals surface area contributed by atoms with Crippen molar-refractivity contribution in [3.8, 4) is 17.2 Å². The van der Waals surface area contributed by atoms with Crippen LogP contribution in [0.1, 0.15) is 21.6 Å². The Bertz CT molecular complexity index is 1110. The third kappa shape index (κ3) is 3.61. The highest BCUT2D eigenvalue weighted by atomic mass is 32.2. The van der Waals surface area contributed by atoms with Gasteiger partial charge in [-0.3, -0.25) is 9.00 Å². The summed E-state index contributed by atoms with van der Waals surface area (Å²) in [5.41, 5.74) is 2.27. The van der Waals surface area contributed by atoms with E-state index in [0.717, 1.165) is 0 Å². The van der Waals surface area contributed by atoms with Crippen molar-refractivity contribution in [2.24, 2.45) is 0 Å². The van der Waals surface area contributed by atoms with Gasteiger partial charge in [0.05, 0.1) is 42.7 Å². The SMILES string of the molecule is COc1ccc(C(=O)Nc2c3c(nn2-c2ccc(F)cc2)C[S@@](=O)C3)c(OC)c1. The average Bonchev–Trinajstić information content (AvgIpc) is 3.24. The summed E-state index contributed by atoms with van der Waals surface area (Å²) in [5, 5.41) is 7.36. The van der Waals surface area contributed by atoms with E-state index in [1.807, 2.05) is 0 Å². The molecule has 2 heterocycles. The van der Waals surface area contributed by atoms with Gasteiger partial charge in [-0.1, -0.05) is 0 Å². The third-order valence-corrected chi connectivity index (χ3v) is 5.83. The molecule has 1 aromatic heterocycles. The summed E-state index contributed by atoms with van der Waals surface area (Å²) in [6.45, 7) is 0. The van der Waals surface area contributed by atoms with Gasteiger partial charge >= 0.3 is 0 Å². The average molecular weight is 415 g/mol. The number of methoxy groups -OCH3 is 2. The first-order chi connectivity index (χ1) is 14.0. The van der Waals surface area contributed by atoms with E-state index in [9.17, 15) is 13.4 Å². The lowest BCUT2D eigenvalue weighted by molar-refractivity contribution is 0.102. The smallest absolute Gasteiger partial charge is 0.260 e. The first-order valence-electron chi connectivity index (χ1n) is 8.75. The van der Waals surface area contributed by atoms with Gasteiger partial charge in [0, 0.05) is 22.4 Å². The van der Waals surface area contributed by atoms with Crippen molar-refractivity contribution in [2.75, 3.05) is 19.5 Å². The van der Waals surface area contributed by atoms with Crippen LogP contribution >= 0.6 is 0 Å². The second kappa shape index (κ2) is 7.67. The van der Waals surface area contributed by atoms with E-state index in [2.05, 4.69) is 10.4 Å². The molecule has 0 bridgehead atoms. The van der Waals surface area contributed by atoms with Crippen LogP contribution in [0.5, 0.6) is 11.5 Å². The molecule has 3 aromatic rings. The molecule has 0 saturated heterocycles. The summed E-state index contributed by atoms with van der Waals surface area (Å²) in [4.78, 5) is 13.0. The van der Waals surface area contributed by atoms with Crippen molar-refractivity contribution >= 4 is 22.5 Å². The molecule has 9 heteroatoms. The van der Waals surface area contributed by atoms with Crippen molar-refractivity contribution < 1.29 is 22.9 Å². The van der Waals surface area contributed by atoms with Gasteiger partial charge < -0.3 is 14.8 Å². The highest BCUT2D eigenvalue weighted by Crippen LogP contribution is 2.32. The van der Waals surface area contributed by atoms with Crippen LogP contribution in [0.25, 0.3) is 5.69 Å². The lowest BCUT2D eigenvalue weighted by atomic mass is 10.1. The molecule has 150 valence electrons. The molecule has 0 saturated carbocycles. The molecule has 0 radical (unpaired) electrons. The largest absolute Gasteiger partial charge is 0.497 e. The quantitative estimate of drug-likeness (QED) is 0.693. The van der Waals surface area contributed by atoms with E-state index in [0.29, 0.717) is 51.3 Å². The van der Waals surface area contributed by atoms with Crippen molar-refractivity contribution in [3.63, 3.8) is 0 Å². The normalized spacial score (nSPS) is 15.1. The minimum atomic E-state index is -1.06. The minimum absolute atomic E-state index is 0.298. The van der Waals surface area contributed by atoms with Gasteiger partial charge in [0.15, 0.2) is 0 Å². The number of carbonyl (C=O) groups is 1. The summed E-state index contributed by atoms with van der Waals surface area (Å²) in [5.74, 6) is 1.17. The first kappa shape index (κ1) is 19.1. The number of halogens is 1. The van der Waals surface area contributed by atoms with Gasteiger partial charge in [0.2, 0.25) is 0 Å². The summed E-state index contributed by atoms with van der Waals surface area (Å²) >= 11 is 0. The van der Waals surface area contributed by atoms with Crippen molar-refractivity contribution in [1.82, 2.24) is 9.78 Å². The minimum Gasteiger partial charge on any atom is -0.497 e. The molecular formula is C20H18FN3O4S. The fraction of sp³-hybridized carbons (Fsp3) is 0.200. The number of fused-ring (bicyclic) bond motifs is 1. The number of amides is 1. The Morgan fingerprint density at radius 3 is 2.59 bits per heavy atom. The molecule has 1 amide bonds. The van der Waals surface area contributed by atoms with Crippen LogP contribution < -0.4 is 14.8 Å². The Morgan fingerprint density at radius 2 is 1.90 bits per heavy atom. The molecule has 0 unspecified atom stereocenters. The maximum atomic E-state index is 13.3. The van der Waals surface area contributed by atoms with Crippen LogP contribution in [0.2, 0.25) is 0 Å². The highest BCUT2D eigenvalue weighted by molar-refractivity contribution is 7.83. The fourth-order valence-corrected chi connectivity index (χ4v) is 4.45. The Labute approximate surface area is 168 Å². The number of benzene rings is 2. The zero-order valence-corrected chi connectivity index (χ0v) is 16.6. The molecule has 1 aliphatic rings. The molecule has 2 aromatic carbocycles. The van der Waals surface area contributed by atoms with Gasteiger partial charge in [-0.05, 0) is 36.4 Å². The molecule has 4 rings (SSSR count). The second-order valence-corrected chi connectivity index (χ2v) is 7.87. The van der Waals surface area contributed by atoms with Crippen LogP contribution in [-0.4, -0.2) is 34.1 Å². The van der Waals surface area contributed by atoms with Crippen molar-refractivity contribution in [2.45, 2.75) is 11.5 Å². The number of nitrogens with one attached hydrogen (secondary N) is 1. The van der Waals surface area contributed by atoms with E-state index in [1.165, 1.54) is 31.0 Å². The lowest BCUT2D eigenvalue weighted by Gasteiger charge is -2.13. The first-order valence-corrected chi connectivity index (χ1v) is 10.2. The molecule has 1 aliphatic heterocycles. The Kier molecular flexibility index (Phi) is 5.06.